The van der Waals surface area contributed by atoms with Crippen LogP contribution in [-0.4, -0.2) is 29.1 Å². The van der Waals surface area contributed by atoms with Crippen LogP contribution in [0.4, 0.5) is 20.2 Å². The third kappa shape index (κ3) is 2.11. The summed E-state index contributed by atoms with van der Waals surface area (Å²) >= 11 is 0. The monoisotopic (exact) mass is 270 g/mol. The lowest BCUT2D eigenvalue weighted by Crippen LogP contribution is -2.52. The van der Waals surface area contributed by atoms with Crippen LogP contribution in [0.1, 0.15) is 13.8 Å². The van der Waals surface area contributed by atoms with Crippen molar-refractivity contribution in [2.75, 3.05) is 10.2 Å². The Morgan fingerprint density at radius 1 is 1.42 bits per heavy atom. The first-order chi connectivity index (χ1) is 8.82. The van der Waals surface area contributed by atoms with E-state index in [-0.39, 0.29) is 11.4 Å². The number of carbonyl (C=O) groups excluding carboxylic acids is 1. The van der Waals surface area contributed by atoms with E-state index in [2.05, 4.69) is 5.32 Å². The molecule has 0 saturated carbocycles. The van der Waals surface area contributed by atoms with Gasteiger partial charge in [-0.2, -0.15) is 0 Å². The van der Waals surface area contributed by atoms with Gasteiger partial charge in [0.1, 0.15) is 12.1 Å². The lowest BCUT2D eigenvalue weighted by atomic mass is 10.1. The molecule has 1 aliphatic rings. The van der Waals surface area contributed by atoms with Crippen molar-refractivity contribution >= 4 is 23.3 Å². The van der Waals surface area contributed by atoms with Crippen LogP contribution in [0.5, 0.6) is 0 Å². The van der Waals surface area contributed by atoms with Gasteiger partial charge in [0.15, 0.2) is 11.6 Å². The molecule has 0 radical (unpaired) electrons. The van der Waals surface area contributed by atoms with Crippen LogP contribution in [0.2, 0.25) is 0 Å². The van der Waals surface area contributed by atoms with Gasteiger partial charge in [-0.1, -0.05) is 0 Å². The molecular weight excluding hydrogens is 258 g/mol. The predicted molar refractivity (Wildman–Crippen MR) is 64.0 cm³/mol. The highest BCUT2D eigenvalue weighted by Crippen LogP contribution is 2.34. The number of amides is 1. The van der Waals surface area contributed by atoms with E-state index in [1.54, 1.807) is 0 Å². The molecule has 1 heterocycles. The first-order valence-corrected chi connectivity index (χ1v) is 5.64. The summed E-state index contributed by atoms with van der Waals surface area (Å²) in [5.74, 6) is -3.92. The average molecular weight is 270 g/mol. The van der Waals surface area contributed by atoms with Crippen LogP contribution in [-0.2, 0) is 9.59 Å². The molecule has 0 saturated heterocycles. The second-order valence-corrected chi connectivity index (χ2v) is 4.37. The molecule has 5 nitrogen and oxygen atoms in total. The van der Waals surface area contributed by atoms with E-state index in [1.807, 2.05) is 0 Å². The highest BCUT2D eigenvalue weighted by Gasteiger charge is 2.36. The number of hydrogen-bond acceptors (Lipinski definition) is 3. The summed E-state index contributed by atoms with van der Waals surface area (Å²) in [7, 11) is 0. The zero-order valence-corrected chi connectivity index (χ0v) is 10.3. The largest absolute Gasteiger partial charge is 0.480 e. The minimum Gasteiger partial charge on any atom is -0.480 e. The Morgan fingerprint density at radius 2 is 2.00 bits per heavy atom. The fraction of sp³-hybridized carbons (Fsp3) is 0.333. The van der Waals surface area contributed by atoms with Gasteiger partial charge < -0.3 is 10.4 Å². The van der Waals surface area contributed by atoms with Gasteiger partial charge in [0, 0.05) is 12.1 Å². The van der Waals surface area contributed by atoms with Gasteiger partial charge in [-0.25, -0.2) is 13.6 Å². The van der Waals surface area contributed by atoms with Crippen molar-refractivity contribution in [1.82, 2.24) is 0 Å². The Kier molecular flexibility index (Phi) is 3.13. The van der Waals surface area contributed by atoms with Crippen LogP contribution in [0.15, 0.2) is 12.1 Å². The van der Waals surface area contributed by atoms with Gasteiger partial charge >= 0.3 is 5.97 Å². The molecule has 1 aromatic rings. The summed E-state index contributed by atoms with van der Waals surface area (Å²) < 4.78 is 26.5. The number of fused-ring (bicyclic) bond motifs is 1. The van der Waals surface area contributed by atoms with Crippen LogP contribution < -0.4 is 10.2 Å². The quantitative estimate of drug-likeness (QED) is 0.856. The van der Waals surface area contributed by atoms with Crippen LogP contribution in [0.3, 0.4) is 0 Å². The molecule has 2 rings (SSSR count). The molecule has 1 amide bonds. The summed E-state index contributed by atoms with van der Waals surface area (Å²) in [6.07, 6.45) is 0. The standard InChI is InChI=1S/C12H12F2N2O3/c1-5-11(17)16(6(2)12(18)19)10-4-8(14)7(13)3-9(10)15-5/h3-6,15H,1-2H3,(H,18,19). The molecule has 2 N–H and O–H groups in total. The first-order valence-electron chi connectivity index (χ1n) is 5.64. The number of hydrogen-bond donors (Lipinski definition) is 2. The van der Waals surface area contributed by atoms with E-state index in [1.165, 1.54) is 13.8 Å². The molecular formula is C12H12F2N2O3. The highest BCUT2D eigenvalue weighted by atomic mass is 19.2. The molecule has 102 valence electrons. The van der Waals surface area contributed by atoms with E-state index in [4.69, 9.17) is 5.11 Å². The number of carboxylic acids is 1. The van der Waals surface area contributed by atoms with E-state index in [0.29, 0.717) is 0 Å². The van der Waals surface area contributed by atoms with Gasteiger partial charge in [-0.05, 0) is 13.8 Å². The van der Waals surface area contributed by atoms with Crippen molar-refractivity contribution in [2.24, 2.45) is 0 Å². The number of aliphatic carboxylic acids is 1. The normalized spacial score (nSPS) is 19.7. The zero-order chi connectivity index (χ0) is 14.3. The average Bonchev–Trinajstić information content (AvgIpc) is 2.33. The maximum atomic E-state index is 13.3. The van der Waals surface area contributed by atoms with Crippen molar-refractivity contribution in [1.29, 1.82) is 0 Å². The number of rotatable bonds is 2. The lowest BCUT2D eigenvalue weighted by Gasteiger charge is -2.36. The second-order valence-electron chi connectivity index (χ2n) is 4.37. The van der Waals surface area contributed by atoms with Gasteiger partial charge in [0.25, 0.3) is 0 Å². The van der Waals surface area contributed by atoms with E-state index in [9.17, 15) is 18.4 Å². The third-order valence-corrected chi connectivity index (χ3v) is 3.02. The highest BCUT2D eigenvalue weighted by molar-refractivity contribution is 6.08. The predicted octanol–water partition coefficient (Wildman–Crippen LogP) is 1.58. The number of benzene rings is 1. The smallest absolute Gasteiger partial charge is 0.326 e. The second kappa shape index (κ2) is 4.49. The summed E-state index contributed by atoms with van der Waals surface area (Å²) in [6.45, 7) is 2.83. The fourth-order valence-corrected chi connectivity index (χ4v) is 1.98. The molecule has 2 unspecified atom stereocenters. The summed E-state index contributed by atoms with van der Waals surface area (Å²) in [5, 5.41) is 11.7. The Hall–Kier alpha value is -2.18. The third-order valence-electron chi connectivity index (χ3n) is 3.02. The van der Waals surface area contributed by atoms with E-state index < -0.39 is 35.6 Å². The van der Waals surface area contributed by atoms with Gasteiger partial charge in [-0.15, -0.1) is 0 Å². The lowest BCUT2D eigenvalue weighted by molar-refractivity contribution is -0.139. The van der Waals surface area contributed by atoms with Crippen molar-refractivity contribution in [2.45, 2.75) is 25.9 Å². The van der Waals surface area contributed by atoms with Crippen molar-refractivity contribution in [3.63, 3.8) is 0 Å². The molecule has 0 bridgehead atoms. The van der Waals surface area contributed by atoms with Crippen molar-refractivity contribution in [3.05, 3.63) is 23.8 Å². The van der Waals surface area contributed by atoms with Crippen LogP contribution in [0.25, 0.3) is 0 Å². The number of nitrogens with zero attached hydrogens (tertiary/aromatic N) is 1. The number of halogens is 2. The Morgan fingerprint density at radius 3 is 2.58 bits per heavy atom. The number of carbonyl (C=O) groups is 2. The van der Waals surface area contributed by atoms with Gasteiger partial charge in [-0.3, -0.25) is 9.69 Å². The van der Waals surface area contributed by atoms with Gasteiger partial charge in [0.05, 0.1) is 11.4 Å². The summed E-state index contributed by atoms with van der Waals surface area (Å²) in [6, 6.07) is -0.143. The van der Waals surface area contributed by atoms with Gasteiger partial charge in [0.2, 0.25) is 5.91 Å². The van der Waals surface area contributed by atoms with Crippen molar-refractivity contribution < 1.29 is 23.5 Å². The number of nitrogens with one attached hydrogen (secondary N) is 1. The summed E-state index contributed by atoms with van der Waals surface area (Å²) in [5.41, 5.74) is 0.219. The molecule has 1 aliphatic heterocycles. The Labute approximate surface area is 107 Å². The van der Waals surface area contributed by atoms with Crippen molar-refractivity contribution in [3.8, 4) is 0 Å². The molecule has 0 aromatic heterocycles. The molecule has 0 spiro atoms. The van der Waals surface area contributed by atoms with Crippen LogP contribution in [0, 0.1) is 11.6 Å². The fourth-order valence-electron chi connectivity index (χ4n) is 1.98. The SMILES string of the molecule is CC1Nc2cc(F)c(F)cc2N(C(C)C(=O)O)C1=O. The minimum absolute atomic E-state index is 0.0249. The first kappa shape index (κ1) is 13.3. The molecule has 7 heteroatoms. The van der Waals surface area contributed by atoms with E-state index in [0.717, 1.165) is 17.0 Å². The van der Waals surface area contributed by atoms with E-state index >= 15 is 0 Å². The topological polar surface area (TPSA) is 69.6 Å². The molecule has 19 heavy (non-hydrogen) atoms. The minimum atomic E-state index is -1.22. The zero-order valence-electron chi connectivity index (χ0n) is 10.3. The summed E-state index contributed by atoms with van der Waals surface area (Å²) in [4.78, 5) is 24.0. The Bertz CT molecular complexity index is 562. The molecule has 2 atom stereocenters. The molecule has 0 fully saturated rings. The maximum absolute atomic E-state index is 13.3. The maximum Gasteiger partial charge on any atom is 0.326 e. The molecule has 0 aliphatic carbocycles. The number of anilines is 2. The van der Waals surface area contributed by atoms with Crippen LogP contribution >= 0.6 is 0 Å². The Balaban J connectivity index is 2.58. The number of carboxylic acid groups (broad SMARTS) is 1. The molecule has 1 aromatic carbocycles.